The van der Waals surface area contributed by atoms with Gasteiger partial charge >= 0.3 is 0 Å². The lowest BCUT2D eigenvalue weighted by Crippen LogP contribution is -2.40. The lowest BCUT2D eigenvalue weighted by molar-refractivity contribution is -0.129. The van der Waals surface area contributed by atoms with E-state index in [0.29, 0.717) is 19.5 Å². The summed E-state index contributed by atoms with van der Waals surface area (Å²) in [5.41, 5.74) is 1.12. The number of aliphatic imine (C=N–C) groups is 1. The molecule has 1 aliphatic rings. The molecule has 1 unspecified atom stereocenters. The number of amides is 1. The van der Waals surface area contributed by atoms with Gasteiger partial charge in [-0.2, -0.15) is 0 Å². The second-order valence-corrected chi connectivity index (χ2v) is 6.68. The Bertz CT molecular complexity index is 603. The Morgan fingerprint density at radius 3 is 2.63 bits per heavy atom. The average Bonchev–Trinajstić information content (AvgIpc) is 3.16. The highest BCUT2D eigenvalue weighted by molar-refractivity contribution is 14.0. The van der Waals surface area contributed by atoms with Crippen LogP contribution in [0.15, 0.2) is 29.3 Å². The first-order valence-electron chi connectivity index (χ1n) is 9.62. The topological polar surface area (TPSA) is 66.0 Å². The van der Waals surface area contributed by atoms with Crippen molar-refractivity contribution in [3.8, 4) is 5.75 Å². The van der Waals surface area contributed by atoms with Crippen molar-refractivity contribution >= 4 is 35.8 Å². The van der Waals surface area contributed by atoms with E-state index in [0.717, 1.165) is 49.7 Å². The highest BCUT2D eigenvalue weighted by Gasteiger charge is 2.17. The van der Waals surface area contributed by atoms with Crippen molar-refractivity contribution in [3.63, 3.8) is 0 Å². The molecule has 1 atom stereocenters. The maximum Gasteiger partial charge on any atom is 0.224 e. The molecule has 0 aliphatic carbocycles. The van der Waals surface area contributed by atoms with Gasteiger partial charge in [0, 0.05) is 32.6 Å². The third-order valence-electron chi connectivity index (χ3n) is 4.36. The van der Waals surface area contributed by atoms with Gasteiger partial charge in [-0.1, -0.05) is 18.2 Å². The van der Waals surface area contributed by atoms with E-state index < -0.39 is 0 Å². The van der Waals surface area contributed by atoms with Crippen LogP contribution in [0.1, 0.15) is 38.7 Å². The second kappa shape index (κ2) is 12.8. The highest BCUT2D eigenvalue weighted by Crippen LogP contribution is 2.17. The first-order chi connectivity index (χ1) is 12.6. The van der Waals surface area contributed by atoms with Crippen LogP contribution in [-0.4, -0.2) is 55.6 Å². The molecule has 7 heteroatoms. The molecule has 27 heavy (non-hydrogen) atoms. The number of halogens is 1. The van der Waals surface area contributed by atoms with E-state index in [9.17, 15) is 4.79 Å². The fourth-order valence-electron chi connectivity index (χ4n) is 2.92. The minimum absolute atomic E-state index is 0. The Morgan fingerprint density at radius 2 is 1.96 bits per heavy atom. The largest absolute Gasteiger partial charge is 0.489 e. The number of carbonyl (C=O) groups excluding carboxylic acids is 1. The molecule has 1 aliphatic heterocycles. The number of guanidine groups is 1. The molecule has 0 spiro atoms. The normalized spacial score (nSPS) is 15.1. The molecule has 0 aromatic heterocycles. The van der Waals surface area contributed by atoms with Gasteiger partial charge in [-0.15, -0.1) is 24.0 Å². The van der Waals surface area contributed by atoms with Gasteiger partial charge in [-0.05, 0) is 45.2 Å². The molecule has 0 saturated carbocycles. The molecule has 1 heterocycles. The van der Waals surface area contributed by atoms with Crippen LogP contribution in [0.25, 0.3) is 0 Å². The SMILES string of the molecule is CCNC(=NCC(C)Oc1ccccc1C)NCCC(=O)N1CCCC1.I. The zero-order chi connectivity index (χ0) is 18.8. The molecule has 1 saturated heterocycles. The molecule has 152 valence electrons. The van der Waals surface area contributed by atoms with Crippen molar-refractivity contribution in [3.05, 3.63) is 29.8 Å². The van der Waals surface area contributed by atoms with E-state index in [1.54, 1.807) is 0 Å². The Kier molecular flexibility index (Phi) is 11.2. The van der Waals surface area contributed by atoms with Crippen molar-refractivity contribution < 1.29 is 9.53 Å². The Hall–Kier alpha value is -1.51. The minimum atomic E-state index is -0.0298. The molecule has 1 fully saturated rings. The summed E-state index contributed by atoms with van der Waals surface area (Å²) < 4.78 is 5.96. The molecule has 2 N–H and O–H groups in total. The first kappa shape index (κ1) is 23.5. The fraction of sp³-hybridized carbons (Fsp3) is 0.600. The van der Waals surface area contributed by atoms with Crippen molar-refractivity contribution in [1.82, 2.24) is 15.5 Å². The second-order valence-electron chi connectivity index (χ2n) is 6.68. The number of ether oxygens (including phenoxy) is 1. The highest BCUT2D eigenvalue weighted by atomic mass is 127. The summed E-state index contributed by atoms with van der Waals surface area (Å²) in [6, 6.07) is 7.99. The van der Waals surface area contributed by atoms with Crippen LogP contribution in [0.4, 0.5) is 0 Å². The van der Waals surface area contributed by atoms with Gasteiger partial charge in [-0.25, -0.2) is 4.99 Å². The van der Waals surface area contributed by atoms with Gasteiger partial charge in [0.25, 0.3) is 0 Å². The predicted molar refractivity (Wildman–Crippen MR) is 121 cm³/mol. The van der Waals surface area contributed by atoms with E-state index in [2.05, 4.69) is 15.6 Å². The summed E-state index contributed by atoms with van der Waals surface area (Å²) in [7, 11) is 0. The van der Waals surface area contributed by atoms with Crippen molar-refractivity contribution in [1.29, 1.82) is 0 Å². The van der Waals surface area contributed by atoms with Gasteiger partial charge in [-0.3, -0.25) is 4.79 Å². The van der Waals surface area contributed by atoms with Crippen LogP contribution in [0.5, 0.6) is 5.75 Å². The molecule has 2 rings (SSSR count). The van der Waals surface area contributed by atoms with Gasteiger partial charge in [0.15, 0.2) is 5.96 Å². The third-order valence-corrected chi connectivity index (χ3v) is 4.36. The summed E-state index contributed by atoms with van der Waals surface area (Å²) in [6.45, 7) is 9.79. The third kappa shape index (κ3) is 8.36. The van der Waals surface area contributed by atoms with Gasteiger partial charge in [0.2, 0.25) is 5.91 Å². The number of benzene rings is 1. The number of likely N-dealkylation sites (tertiary alicyclic amines) is 1. The zero-order valence-electron chi connectivity index (χ0n) is 16.7. The average molecular weight is 488 g/mol. The molecule has 0 radical (unpaired) electrons. The van der Waals surface area contributed by atoms with Gasteiger partial charge < -0.3 is 20.3 Å². The van der Waals surface area contributed by atoms with Crippen molar-refractivity contribution in [2.75, 3.05) is 32.7 Å². The smallest absolute Gasteiger partial charge is 0.224 e. The van der Waals surface area contributed by atoms with Crippen molar-refractivity contribution in [2.45, 2.75) is 46.1 Å². The standard InChI is InChI=1S/C20H32N4O2.HI/c1-4-21-20(22-12-11-19(25)24-13-7-8-14-24)23-15-17(3)26-18-10-6-5-9-16(18)2;/h5-6,9-10,17H,4,7-8,11-15H2,1-3H3,(H2,21,22,23);1H. The van der Waals surface area contributed by atoms with Crippen LogP contribution in [-0.2, 0) is 4.79 Å². The monoisotopic (exact) mass is 488 g/mol. The Balaban J connectivity index is 0.00000364. The number of hydrogen-bond donors (Lipinski definition) is 2. The van der Waals surface area contributed by atoms with Crippen LogP contribution in [0.2, 0.25) is 0 Å². The number of hydrogen-bond acceptors (Lipinski definition) is 3. The van der Waals surface area contributed by atoms with Gasteiger partial charge in [0.05, 0.1) is 6.54 Å². The van der Waals surface area contributed by atoms with E-state index in [1.807, 2.05) is 49.9 Å². The minimum Gasteiger partial charge on any atom is -0.489 e. The van der Waals surface area contributed by atoms with Crippen LogP contribution >= 0.6 is 24.0 Å². The molecule has 1 aromatic carbocycles. The van der Waals surface area contributed by atoms with E-state index in [1.165, 1.54) is 0 Å². The molecular formula is C20H33IN4O2. The maximum atomic E-state index is 12.1. The number of carbonyl (C=O) groups is 1. The lowest BCUT2D eigenvalue weighted by Gasteiger charge is -2.17. The zero-order valence-corrected chi connectivity index (χ0v) is 19.0. The molecule has 1 aromatic rings. The van der Waals surface area contributed by atoms with Crippen molar-refractivity contribution in [2.24, 2.45) is 4.99 Å². The van der Waals surface area contributed by atoms with E-state index in [-0.39, 0.29) is 36.0 Å². The number of para-hydroxylation sites is 1. The summed E-state index contributed by atoms with van der Waals surface area (Å²) >= 11 is 0. The fourth-order valence-corrected chi connectivity index (χ4v) is 2.92. The quantitative estimate of drug-likeness (QED) is 0.336. The summed E-state index contributed by atoms with van der Waals surface area (Å²) in [5, 5.41) is 6.46. The summed E-state index contributed by atoms with van der Waals surface area (Å²) in [4.78, 5) is 18.6. The molecule has 6 nitrogen and oxygen atoms in total. The van der Waals surface area contributed by atoms with Crippen LogP contribution in [0, 0.1) is 6.92 Å². The van der Waals surface area contributed by atoms with Crippen LogP contribution < -0.4 is 15.4 Å². The number of nitrogens with zero attached hydrogens (tertiary/aromatic N) is 2. The van der Waals surface area contributed by atoms with Gasteiger partial charge in [0.1, 0.15) is 11.9 Å². The van der Waals surface area contributed by atoms with Crippen LogP contribution in [0.3, 0.4) is 0 Å². The first-order valence-corrected chi connectivity index (χ1v) is 9.62. The lowest BCUT2D eigenvalue weighted by atomic mass is 10.2. The molecular weight excluding hydrogens is 455 g/mol. The number of aryl methyl sites for hydroxylation is 1. The summed E-state index contributed by atoms with van der Waals surface area (Å²) in [6.07, 6.45) is 2.72. The van der Waals surface area contributed by atoms with E-state index in [4.69, 9.17) is 4.74 Å². The maximum absolute atomic E-state index is 12.1. The summed E-state index contributed by atoms with van der Waals surface area (Å²) in [5.74, 6) is 1.84. The predicted octanol–water partition coefficient (Wildman–Crippen LogP) is 2.95. The molecule has 1 amide bonds. The number of rotatable bonds is 8. The Morgan fingerprint density at radius 1 is 1.26 bits per heavy atom. The Labute approximate surface area is 180 Å². The number of nitrogens with one attached hydrogen (secondary N) is 2. The van der Waals surface area contributed by atoms with E-state index >= 15 is 0 Å². The molecule has 0 bridgehead atoms.